The number of carbonyl (C=O) groups is 2. The fourth-order valence-electron chi connectivity index (χ4n) is 1.10. The third-order valence-electron chi connectivity index (χ3n) is 1.96. The van der Waals surface area contributed by atoms with E-state index < -0.39 is 17.7 Å². The molecular weight excluding hydrogens is 180 g/mol. The Hall–Kier alpha value is -1.48. The summed E-state index contributed by atoms with van der Waals surface area (Å²) >= 11 is 0. The van der Waals surface area contributed by atoms with Crippen molar-refractivity contribution in [3.05, 3.63) is 35.9 Å². The highest BCUT2D eigenvalue weighted by molar-refractivity contribution is 6.12. The molecule has 0 spiro atoms. The van der Waals surface area contributed by atoms with Gasteiger partial charge < -0.3 is 5.11 Å². The lowest BCUT2D eigenvalue weighted by molar-refractivity contribution is -0.124. The maximum Gasteiger partial charge on any atom is 0.198 e. The second-order valence-electron chi connectivity index (χ2n) is 2.95. The molecule has 0 aliphatic carbocycles. The summed E-state index contributed by atoms with van der Waals surface area (Å²) in [6, 6.07) is 8.31. The van der Waals surface area contributed by atoms with Crippen molar-refractivity contribution in [3.8, 4) is 0 Å². The zero-order valence-electron chi connectivity index (χ0n) is 7.93. The molecule has 0 heterocycles. The lowest BCUT2D eigenvalue weighted by Crippen LogP contribution is -2.29. The zero-order chi connectivity index (χ0) is 10.6. The van der Waals surface area contributed by atoms with Crippen LogP contribution in [0.3, 0.4) is 0 Å². The predicted octanol–water partition coefficient (Wildman–Crippen LogP) is 1.21. The van der Waals surface area contributed by atoms with Gasteiger partial charge in [-0.25, -0.2) is 0 Å². The molecule has 74 valence electrons. The molecule has 1 rings (SSSR count). The van der Waals surface area contributed by atoms with Gasteiger partial charge in [-0.2, -0.15) is 0 Å². The smallest absolute Gasteiger partial charge is 0.198 e. The maximum atomic E-state index is 11.5. The second kappa shape index (κ2) is 4.67. The first kappa shape index (κ1) is 10.6. The molecule has 0 aromatic heterocycles. The summed E-state index contributed by atoms with van der Waals surface area (Å²) in [7, 11) is 0. The average Bonchev–Trinajstić information content (AvgIpc) is 2.27. The van der Waals surface area contributed by atoms with Gasteiger partial charge in [0.2, 0.25) is 0 Å². The summed E-state index contributed by atoms with van der Waals surface area (Å²) in [4.78, 5) is 22.5. The van der Waals surface area contributed by atoms with E-state index in [-0.39, 0.29) is 6.42 Å². The highest BCUT2D eigenvalue weighted by Crippen LogP contribution is 2.05. The topological polar surface area (TPSA) is 54.4 Å². The molecule has 0 aliphatic heterocycles. The second-order valence-corrected chi connectivity index (χ2v) is 2.95. The van der Waals surface area contributed by atoms with Gasteiger partial charge in [0, 0.05) is 12.0 Å². The summed E-state index contributed by atoms with van der Waals surface area (Å²) in [6.45, 7) is 1.61. The average molecular weight is 192 g/mol. The Morgan fingerprint density at radius 3 is 2.36 bits per heavy atom. The van der Waals surface area contributed by atoms with E-state index in [1.165, 1.54) is 0 Å². The van der Waals surface area contributed by atoms with Gasteiger partial charge in [-0.05, 0) is 0 Å². The molecule has 3 heteroatoms. The van der Waals surface area contributed by atoms with Crippen molar-refractivity contribution in [1.82, 2.24) is 0 Å². The summed E-state index contributed by atoms with van der Waals surface area (Å²) in [5, 5.41) is 9.34. The lowest BCUT2D eigenvalue weighted by atomic mass is 10.0. The van der Waals surface area contributed by atoms with Gasteiger partial charge in [0.05, 0.1) is 0 Å². The van der Waals surface area contributed by atoms with Crippen molar-refractivity contribution >= 4 is 11.6 Å². The van der Waals surface area contributed by atoms with E-state index in [0.717, 1.165) is 0 Å². The Balaban J connectivity index is 2.81. The number of ketones is 2. The Bertz CT molecular complexity index is 330. The molecule has 0 saturated carbocycles. The van der Waals surface area contributed by atoms with Crippen LogP contribution >= 0.6 is 0 Å². The molecule has 1 aromatic rings. The maximum absolute atomic E-state index is 11.5. The van der Waals surface area contributed by atoms with Crippen LogP contribution in [0.2, 0.25) is 0 Å². The minimum Gasteiger partial charge on any atom is -0.377 e. The van der Waals surface area contributed by atoms with Crippen LogP contribution in [0.1, 0.15) is 23.7 Å². The third kappa shape index (κ3) is 2.26. The Morgan fingerprint density at radius 2 is 1.86 bits per heavy atom. The number of carbonyl (C=O) groups excluding carboxylic acids is 2. The molecule has 1 atom stereocenters. The lowest BCUT2D eigenvalue weighted by Gasteiger charge is -2.06. The molecule has 0 saturated heterocycles. The van der Waals surface area contributed by atoms with Crippen LogP contribution < -0.4 is 0 Å². The zero-order valence-corrected chi connectivity index (χ0v) is 7.93. The monoisotopic (exact) mass is 192 g/mol. The minimum atomic E-state index is -1.51. The van der Waals surface area contributed by atoms with Gasteiger partial charge in [0.15, 0.2) is 17.7 Å². The molecule has 1 aromatic carbocycles. The number of aliphatic hydroxyl groups excluding tert-OH is 1. The normalized spacial score (nSPS) is 12.1. The van der Waals surface area contributed by atoms with Crippen molar-refractivity contribution in [2.45, 2.75) is 19.4 Å². The van der Waals surface area contributed by atoms with E-state index in [0.29, 0.717) is 5.56 Å². The number of benzene rings is 1. The standard InChI is InChI=1S/C11H12O3/c1-2-9(12)11(14)10(13)8-6-4-3-5-7-8/h3-7,11,14H,2H2,1H3. The SMILES string of the molecule is CCC(=O)C(O)C(=O)c1ccccc1. The van der Waals surface area contributed by atoms with Crippen LogP contribution in [0.5, 0.6) is 0 Å². The molecule has 14 heavy (non-hydrogen) atoms. The first-order valence-electron chi connectivity index (χ1n) is 4.47. The summed E-state index contributed by atoms with van der Waals surface area (Å²) in [5.41, 5.74) is 0.363. The van der Waals surface area contributed by atoms with Gasteiger partial charge in [-0.3, -0.25) is 9.59 Å². The molecular formula is C11H12O3. The van der Waals surface area contributed by atoms with Gasteiger partial charge in [-0.1, -0.05) is 37.3 Å². The van der Waals surface area contributed by atoms with Crippen LogP contribution in [0.4, 0.5) is 0 Å². The van der Waals surface area contributed by atoms with Crippen molar-refractivity contribution in [2.75, 3.05) is 0 Å². The van der Waals surface area contributed by atoms with E-state index in [1.54, 1.807) is 37.3 Å². The molecule has 0 fully saturated rings. The number of hydrogen-bond acceptors (Lipinski definition) is 3. The first-order chi connectivity index (χ1) is 6.66. The largest absolute Gasteiger partial charge is 0.377 e. The van der Waals surface area contributed by atoms with Crippen LogP contribution in [0, 0.1) is 0 Å². The fourth-order valence-corrected chi connectivity index (χ4v) is 1.10. The molecule has 1 N–H and O–H groups in total. The summed E-state index contributed by atoms with van der Waals surface area (Å²) in [6.07, 6.45) is -1.35. The summed E-state index contributed by atoms with van der Waals surface area (Å²) < 4.78 is 0. The number of aliphatic hydroxyl groups is 1. The predicted molar refractivity (Wildman–Crippen MR) is 52.1 cm³/mol. The summed E-state index contributed by atoms with van der Waals surface area (Å²) in [5.74, 6) is -0.976. The number of Topliss-reactive ketones (excluding diaryl/α,β-unsaturated/α-hetero) is 2. The minimum absolute atomic E-state index is 0.166. The van der Waals surface area contributed by atoms with Crippen LogP contribution in [-0.4, -0.2) is 22.8 Å². The van der Waals surface area contributed by atoms with Crippen molar-refractivity contribution in [1.29, 1.82) is 0 Å². The van der Waals surface area contributed by atoms with Crippen molar-refractivity contribution in [2.24, 2.45) is 0 Å². The third-order valence-corrected chi connectivity index (χ3v) is 1.96. The first-order valence-corrected chi connectivity index (χ1v) is 4.47. The van der Waals surface area contributed by atoms with E-state index in [4.69, 9.17) is 0 Å². The van der Waals surface area contributed by atoms with Gasteiger partial charge in [0.1, 0.15) is 0 Å². The molecule has 0 bridgehead atoms. The number of rotatable bonds is 4. The Labute approximate surface area is 82.4 Å². The highest BCUT2D eigenvalue weighted by Gasteiger charge is 2.22. The fraction of sp³-hybridized carbons (Fsp3) is 0.273. The van der Waals surface area contributed by atoms with Crippen molar-refractivity contribution < 1.29 is 14.7 Å². The molecule has 3 nitrogen and oxygen atoms in total. The van der Waals surface area contributed by atoms with E-state index >= 15 is 0 Å². The molecule has 1 unspecified atom stereocenters. The Morgan fingerprint density at radius 1 is 1.29 bits per heavy atom. The van der Waals surface area contributed by atoms with E-state index in [2.05, 4.69) is 0 Å². The Kier molecular flexibility index (Phi) is 3.54. The molecule has 0 radical (unpaired) electrons. The van der Waals surface area contributed by atoms with Crippen molar-refractivity contribution in [3.63, 3.8) is 0 Å². The van der Waals surface area contributed by atoms with Crippen LogP contribution in [0.15, 0.2) is 30.3 Å². The molecule has 0 amide bonds. The highest BCUT2D eigenvalue weighted by atomic mass is 16.3. The van der Waals surface area contributed by atoms with Crippen LogP contribution in [-0.2, 0) is 4.79 Å². The van der Waals surface area contributed by atoms with E-state index in [9.17, 15) is 14.7 Å². The quantitative estimate of drug-likeness (QED) is 0.576. The van der Waals surface area contributed by atoms with Gasteiger partial charge >= 0.3 is 0 Å². The number of hydrogen-bond donors (Lipinski definition) is 1. The van der Waals surface area contributed by atoms with E-state index in [1.807, 2.05) is 0 Å². The van der Waals surface area contributed by atoms with Crippen LogP contribution in [0.25, 0.3) is 0 Å². The van der Waals surface area contributed by atoms with Gasteiger partial charge in [-0.15, -0.1) is 0 Å². The molecule has 0 aliphatic rings. The van der Waals surface area contributed by atoms with Gasteiger partial charge in [0.25, 0.3) is 0 Å².